The second-order valence-corrected chi connectivity index (χ2v) is 11.8. The number of hydrogen-bond acceptors (Lipinski definition) is 6. The average Bonchev–Trinajstić information content (AvgIpc) is 3.30. The van der Waals surface area contributed by atoms with Crippen molar-refractivity contribution in [3.63, 3.8) is 0 Å². The zero-order valence-electron chi connectivity index (χ0n) is 22.0. The minimum absolute atomic E-state index is 0.128. The molecule has 2 aromatic carbocycles. The molecule has 0 fully saturated rings. The van der Waals surface area contributed by atoms with E-state index in [9.17, 15) is 13.2 Å². The summed E-state index contributed by atoms with van der Waals surface area (Å²) in [6.45, 7) is 4.94. The summed E-state index contributed by atoms with van der Waals surface area (Å²) >= 11 is 1.60. The van der Waals surface area contributed by atoms with Gasteiger partial charge in [0.05, 0.1) is 33.1 Å². The summed E-state index contributed by atoms with van der Waals surface area (Å²) in [6, 6.07) is 16.8. The van der Waals surface area contributed by atoms with Crippen LogP contribution in [0.1, 0.15) is 34.9 Å². The van der Waals surface area contributed by atoms with E-state index in [2.05, 4.69) is 0 Å². The second-order valence-electron chi connectivity index (χ2n) is 8.86. The summed E-state index contributed by atoms with van der Waals surface area (Å²) in [4.78, 5) is 16.4. The minimum atomic E-state index is -3.66. The van der Waals surface area contributed by atoms with Crippen molar-refractivity contribution in [2.24, 2.45) is 0 Å². The number of ether oxygens (including phenoxy) is 2. The van der Waals surface area contributed by atoms with E-state index < -0.39 is 10.0 Å². The highest BCUT2D eigenvalue weighted by Crippen LogP contribution is 2.28. The first-order valence-electron chi connectivity index (χ1n) is 12.3. The van der Waals surface area contributed by atoms with Gasteiger partial charge in [-0.1, -0.05) is 43.3 Å². The van der Waals surface area contributed by atoms with Gasteiger partial charge in [0.1, 0.15) is 0 Å². The quantitative estimate of drug-likeness (QED) is 0.289. The molecule has 0 unspecified atom stereocenters. The maximum absolute atomic E-state index is 13.6. The normalized spacial score (nSPS) is 11.5. The Labute approximate surface area is 224 Å². The lowest BCUT2D eigenvalue weighted by molar-refractivity contribution is -0.132. The van der Waals surface area contributed by atoms with E-state index in [0.717, 1.165) is 16.0 Å². The number of thiophene rings is 1. The number of hydrogen-bond donors (Lipinski definition) is 0. The Bertz CT molecular complexity index is 1260. The fraction of sp³-hybridized carbons (Fsp3) is 0.393. The topological polar surface area (TPSA) is 76.2 Å². The average molecular weight is 545 g/mol. The molecule has 0 bridgehead atoms. The highest BCUT2D eigenvalue weighted by Gasteiger charge is 2.27. The third-order valence-electron chi connectivity index (χ3n) is 6.14. The molecule has 3 aromatic rings. The van der Waals surface area contributed by atoms with Crippen LogP contribution >= 0.6 is 11.3 Å². The van der Waals surface area contributed by atoms with Crippen LogP contribution in [0.5, 0.6) is 11.5 Å². The van der Waals surface area contributed by atoms with Gasteiger partial charge in [0.15, 0.2) is 11.5 Å². The zero-order valence-corrected chi connectivity index (χ0v) is 23.6. The number of carbonyl (C=O) groups is 1. The third-order valence-corrected chi connectivity index (χ3v) is 8.95. The fourth-order valence-corrected chi connectivity index (χ4v) is 6.51. The van der Waals surface area contributed by atoms with Crippen LogP contribution in [0.3, 0.4) is 0 Å². The number of carbonyl (C=O) groups excluding carboxylic acids is 1. The number of amides is 1. The van der Waals surface area contributed by atoms with Gasteiger partial charge in [0, 0.05) is 18.0 Å². The van der Waals surface area contributed by atoms with E-state index in [4.69, 9.17) is 9.47 Å². The SMILES string of the molecule is CCCN(CC(=O)N(CCc1ccc(OC)c(OC)c1)Cc1sccc1C)S(=O)(=O)Cc1ccccc1. The van der Waals surface area contributed by atoms with Crippen molar-refractivity contribution in [2.75, 3.05) is 33.9 Å². The van der Waals surface area contributed by atoms with Crippen LogP contribution < -0.4 is 9.47 Å². The summed E-state index contributed by atoms with van der Waals surface area (Å²) in [5, 5.41) is 2.01. The Morgan fingerprint density at radius 3 is 2.30 bits per heavy atom. The largest absolute Gasteiger partial charge is 0.493 e. The number of benzene rings is 2. The van der Waals surface area contributed by atoms with Gasteiger partial charge in [-0.15, -0.1) is 11.3 Å². The van der Waals surface area contributed by atoms with E-state index in [-0.39, 0.29) is 18.2 Å². The lowest BCUT2D eigenvalue weighted by Crippen LogP contribution is -2.44. The Morgan fingerprint density at radius 1 is 0.946 bits per heavy atom. The molecule has 1 aromatic heterocycles. The number of rotatable bonds is 14. The number of nitrogens with zero attached hydrogens (tertiary/aromatic N) is 2. The molecular formula is C28H36N2O5S2. The molecule has 0 radical (unpaired) electrons. The van der Waals surface area contributed by atoms with E-state index in [1.54, 1.807) is 42.6 Å². The molecule has 0 atom stereocenters. The molecule has 3 rings (SSSR count). The zero-order chi connectivity index (χ0) is 26.8. The third kappa shape index (κ3) is 8.05. The Hall–Kier alpha value is -2.88. The van der Waals surface area contributed by atoms with Crippen molar-refractivity contribution >= 4 is 27.3 Å². The highest BCUT2D eigenvalue weighted by atomic mass is 32.2. The molecule has 7 nitrogen and oxygen atoms in total. The maximum Gasteiger partial charge on any atom is 0.238 e. The molecule has 1 amide bonds. The van der Waals surface area contributed by atoms with Crippen LogP contribution in [0.4, 0.5) is 0 Å². The van der Waals surface area contributed by atoms with Gasteiger partial charge >= 0.3 is 0 Å². The smallest absolute Gasteiger partial charge is 0.238 e. The summed E-state index contributed by atoms with van der Waals surface area (Å²) in [7, 11) is -0.477. The summed E-state index contributed by atoms with van der Waals surface area (Å²) in [6.07, 6.45) is 1.22. The molecule has 0 aliphatic rings. The van der Waals surface area contributed by atoms with Gasteiger partial charge in [-0.25, -0.2) is 8.42 Å². The Kier molecular flexibility index (Phi) is 10.5. The van der Waals surface area contributed by atoms with Gasteiger partial charge in [0.2, 0.25) is 15.9 Å². The van der Waals surface area contributed by atoms with Crippen LogP contribution in [-0.2, 0) is 33.5 Å². The van der Waals surface area contributed by atoms with E-state index >= 15 is 0 Å². The first kappa shape index (κ1) is 28.7. The van der Waals surface area contributed by atoms with Crippen molar-refractivity contribution in [2.45, 2.75) is 39.0 Å². The van der Waals surface area contributed by atoms with Crippen molar-refractivity contribution in [3.05, 3.63) is 81.5 Å². The molecule has 1 heterocycles. The molecule has 9 heteroatoms. The number of methoxy groups -OCH3 is 2. The lowest BCUT2D eigenvalue weighted by atomic mass is 10.1. The molecule has 0 saturated heterocycles. The predicted octanol–water partition coefficient (Wildman–Crippen LogP) is 4.89. The number of aryl methyl sites for hydroxylation is 1. The monoisotopic (exact) mass is 544 g/mol. The van der Waals surface area contributed by atoms with Crippen molar-refractivity contribution in [1.82, 2.24) is 9.21 Å². The van der Waals surface area contributed by atoms with Crippen LogP contribution in [0.15, 0.2) is 60.0 Å². The standard InChI is InChI=1S/C28H36N2O5S2/c1-5-15-30(37(32,33)21-24-9-7-6-8-10-24)20-28(31)29(19-27-22(2)14-17-36-27)16-13-23-11-12-25(34-3)26(18-23)35-4/h6-12,14,17-18H,5,13,15-16,19-21H2,1-4H3. The minimum Gasteiger partial charge on any atom is -0.493 e. The Morgan fingerprint density at radius 2 is 1.68 bits per heavy atom. The fourth-order valence-electron chi connectivity index (χ4n) is 4.02. The van der Waals surface area contributed by atoms with Crippen LogP contribution in [0.25, 0.3) is 0 Å². The molecular weight excluding hydrogens is 508 g/mol. The number of sulfonamides is 1. The van der Waals surface area contributed by atoms with Gasteiger partial charge < -0.3 is 14.4 Å². The van der Waals surface area contributed by atoms with Gasteiger partial charge in [-0.2, -0.15) is 4.31 Å². The predicted molar refractivity (Wildman–Crippen MR) is 149 cm³/mol. The first-order chi connectivity index (χ1) is 17.8. The first-order valence-corrected chi connectivity index (χ1v) is 14.8. The van der Waals surface area contributed by atoms with Crippen LogP contribution in [-0.4, -0.2) is 57.4 Å². The van der Waals surface area contributed by atoms with Crippen molar-refractivity contribution in [1.29, 1.82) is 0 Å². The van der Waals surface area contributed by atoms with Gasteiger partial charge in [0.25, 0.3) is 0 Å². The van der Waals surface area contributed by atoms with Crippen molar-refractivity contribution < 1.29 is 22.7 Å². The van der Waals surface area contributed by atoms with Crippen LogP contribution in [0, 0.1) is 6.92 Å². The van der Waals surface area contributed by atoms with Crippen molar-refractivity contribution in [3.8, 4) is 11.5 Å². The maximum atomic E-state index is 13.6. The van der Waals surface area contributed by atoms with E-state index in [1.165, 1.54) is 4.31 Å². The van der Waals surface area contributed by atoms with E-state index in [1.807, 2.05) is 61.7 Å². The lowest BCUT2D eigenvalue weighted by Gasteiger charge is -2.27. The Balaban J connectivity index is 1.79. The molecule has 0 aliphatic heterocycles. The molecule has 0 saturated carbocycles. The molecule has 0 spiro atoms. The summed E-state index contributed by atoms with van der Waals surface area (Å²) < 4.78 is 38.6. The molecule has 0 N–H and O–H groups in total. The van der Waals surface area contributed by atoms with E-state index in [0.29, 0.717) is 49.5 Å². The summed E-state index contributed by atoms with van der Waals surface area (Å²) in [5.41, 5.74) is 2.83. The molecule has 0 aliphatic carbocycles. The van der Waals surface area contributed by atoms with Gasteiger partial charge in [-0.05, 0) is 60.0 Å². The van der Waals surface area contributed by atoms with Crippen LogP contribution in [0.2, 0.25) is 0 Å². The molecule has 200 valence electrons. The summed E-state index contributed by atoms with van der Waals surface area (Å²) in [5.74, 6) is 0.940. The van der Waals surface area contributed by atoms with Gasteiger partial charge in [-0.3, -0.25) is 4.79 Å². The highest BCUT2D eigenvalue weighted by molar-refractivity contribution is 7.88. The molecule has 37 heavy (non-hydrogen) atoms. The second kappa shape index (κ2) is 13.6.